The van der Waals surface area contributed by atoms with Crippen LogP contribution in [0.15, 0.2) is 24.5 Å². The minimum atomic E-state index is -0.150. The fourth-order valence-electron chi connectivity index (χ4n) is 3.29. The third-order valence-corrected chi connectivity index (χ3v) is 4.93. The number of aromatic nitrogens is 3. The Balaban J connectivity index is 1.56. The molecule has 7 nitrogen and oxygen atoms in total. The van der Waals surface area contributed by atoms with E-state index in [2.05, 4.69) is 15.0 Å². The van der Waals surface area contributed by atoms with E-state index in [1.54, 1.807) is 31.5 Å². The molecule has 0 saturated heterocycles. The van der Waals surface area contributed by atoms with Crippen LogP contribution in [0.4, 0.5) is 0 Å². The summed E-state index contributed by atoms with van der Waals surface area (Å²) in [5.41, 5.74) is 2.73. The number of hydrogen-bond acceptors (Lipinski definition) is 7. The Labute approximate surface area is 158 Å². The van der Waals surface area contributed by atoms with Gasteiger partial charge in [-0.1, -0.05) is 0 Å². The van der Waals surface area contributed by atoms with Crippen molar-refractivity contribution in [1.82, 2.24) is 15.0 Å². The summed E-state index contributed by atoms with van der Waals surface area (Å²) in [6.45, 7) is 1.79. The molecule has 0 aliphatic heterocycles. The average molecular weight is 369 g/mol. The van der Waals surface area contributed by atoms with Crippen molar-refractivity contribution in [2.24, 2.45) is 5.92 Å². The van der Waals surface area contributed by atoms with Crippen LogP contribution >= 0.6 is 0 Å². The lowest BCUT2D eigenvalue weighted by atomic mass is 9.85. The summed E-state index contributed by atoms with van der Waals surface area (Å²) in [5.74, 6) is 0.215. The molecule has 2 heterocycles. The number of ether oxygens (including phenoxy) is 2. The van der Waals surface area contributed by atoms with Gasteiger partial charge in [-0.05, 0) is 50.7 Å². The van der Waals surface area contributed by atoms with Crippen molar-refractivity contribution in [3.05, 3.63) is 35.8 Å². The molecule has 2 aromatic rings. The summed E-state index contributed by atoms with van der Waals surface area (Å²) in [6, 6.07) is 3.86. The van der Waals surface area contributed by atoms with Gasteiger partial charge in [-0.15, -0.1) is 0 Å². The van der Waals surface area contributed by atoms with Crippen LogP contribution in [0.1, 0.15) is 48.2 Å². The number of esters is 1. The third kappa shape index (κ3) is 4.87. The predicted octanol–water partition coefficient (Wildman–Crippen LogP) is 3.16. The van der Waals surface area contributed by atoms with E-state index in [-0.39, 0.29) is 12.1 Å². The van der Waals surface area contributed by atoms with Crippen LogP contribution < -0.4 is 4.74 Å². The number of aryl methyl sites for hydroxylation is 1. The first-order chi connectivity index (χ1) is 13.1. The Hall–Kier alpha value is -2.83. The standard InChI is InChI=1S/C20H23N3O4/c1-13-15(12-24)5-8-18(23-13)16-10-21-20(22-11-16)27-17-6-3-14(4-7-17)9-19(25)26-2/h5,8,10-12,14,17H,3-4,6-7,9H2,1-2H3/t14-,17-. The lowest BCUT2D eigenvalue weighted by Gasteiger charge is -2.27. The van der Waals surface area contributed by atoms with E-state index in [4.69, 9.17) is 9.47 Å². The molecule has 1 aliphatic carbocycles. The van der Waals surface area contributed by atoms with Gasteiger partial charge in [0.25, 0.3) is 0 Å². The molecule has 0 unspecified atom stereocenters. The van der Waals surface area contributed by atoms with E-state index < -0.39 is 0 Å². The Kier molecular flexibility index (Phi) is 6.11. The van der Waals surface area contributed by atoms with Gasteiger partial charge in [-0.2, -0.15) is 0 Å². The van der Waals surface area contributed by atoms with Gasteiger partial charge in [-0.3, -0.25) is 14.6 Å². The van der Waals surface area contributed by atoms with Crippen LogP contribution in [0.3, 0.4) is 0 Å². The maximum absolute atomic E-state index is 11.4. The highest BCUT2D eigenvalue weighted by Crippen LogP contribution is 2.29. The lowest BCUT2D eigenvalue weighted by Crippen LogP contribution is -2.26. The summed E-state index contributed by atoms with van der Waals surface area (Å²) in [6.07, 6.45) is 8.30. The fraction of sp³-hybridized carbons (Fsp3) is 0.450. The molecule has 1 fully saturated rings. The molecule has 0 aromatic carbocycles. The zero-order valence-corrected chi connectivity index (χ0v) is 15.6. The van der Waals surface area contributed by atoms with Crippen LogP contribution in [0.25, 0.3) is 11.3 Å². The van der Waals surface area contributed by atoms with E-state index in [1.807, 2.05) is 0 Å². The summed E-state index contributed by atoms with van der Waals surface area (Å²) in [5, 5.41) is 0. The van der Waals surface area contributed by atoms with Crippen LogP contribution in [0, 0.1) is 12.8 Å². The molecule has 0 amide bonds. The Morgan fingerprint density at radius 2 is 1.89 bits per heavy atom. The van der Waals surface area contributed by atoms with Gasteiger partial charge in [0.15, 0.2) is 6.29 Å². The van der Waals surface area contributed by atoms with Gasteiger partial charge in [-0.25, -0.2) is 9.97 Å². The largest absolute Gasteiger partial charge is 0.469 e. The predicted molar refractivity (Wildman–Crippen MR) is 98.4 cm³/mol. The normalized spacial score (nSPS) is 19.3. The molecule has 0 radical (unpaired) electrons. The number of pyridine rings is 1. The molecule has 1 aliphatic rings. The molecule has 2 aromatic heterocycles. The van der Waals surface area contributed by atoms with E-state index in [0.29, 0.717) is 35.3 Å². The van der Waals surface area contributed by atoms with Crippen LogP contribution in [-0.4, -0.2) is 40.4 Å². The van der Waals surface area contributed by atoms with Gasteiger partial charge in [0.05, 0.1) is 12.8 Å². The lowest BCUT2D eigenvalue weighted by molar-refractivity contribution is -0.142. The second-order valence-electron chi connectivity index (χ2n) is 6.78. The molecule has 0 N–H and O–H groups in total. The molecule has 7 heteroatoms. The molecule has 27 heavy (non-hydrogen) atoms. The quantitative estimate of drug-likeness (QED) is 0.570. The van der Waals surface area contributed by atoms with Crippen LogP contribution in [-0.2, 0) is 9.53 Å². The molecule has 1 saturated carbocycles. The topological polar surface area (TPSA) is 91.3 Å². The highest BCUT2D eigenvalue weighted by Gasteiger charge is 2.25. The molecular formula is C20H23N3O4. The fourth-order valence-corrected chi connectivity index (χ4v) is 3.29. The number of methoxy groups -OCH3 is 1. The highest BCUT2D eigenvalue weighted by atomic mass is 16.5. The second-order valence-corrected chi connectivity index (χ2v) is 6.78. The maximum Gasteiger partial charge on any atom is 0.316 e. The summed E-state index contributed by atoms with van der Waals surface area (Å²) in [7, 11) is 1.42. The SMILES string of the molecule is COC(=O)C[C@H]1CC[C@H](Oc2ncc(-c3ccc(C=O)c(C)n3)cn2)CC1. The van der Waals surface area contributed by atoms with E-state index in [9.17, 15) is 9.59 Å². The van der Waals surface area contributed by atoms with Crippen molar-refractivity contribution in [2.75, 3.05) is 7.11 Å². The highest BCUT2D eigenvalue weighted by molar-refractivity contribution is 5.77. The number of hydrogen-bond donors (Lipinski definition) is 0. The number of aldehydes is 1. The Bertz CT molecular complexity index is 799. The van der Waals surface area contributed by atoms with Crippen LogP contribution in [0.5, 0.6) is 6.01 Å². The molecular weight excluding hydrogens is 346 g/mol. The summed E-state index contributed by atoms with van der Waals surface area (Å²) >= 11 is 0. The van der Waals surface area contributed by atoms with E-state index >= 15 is 0 Å². The third-order valence-electron chi connectivity index (χ3n) is 4.93. The minimum absolute atomic E-state index is 0.0667. The number of rotatable bonds is 6. The second kappa shape index (κ2) is 8.70. The summed E-state index contributed by atoms with van der Waals surface area (Å²) in [4.78, 5) is 35.2. The smallest absolute Gasteiger partial charge is 0.316 e. The number of carbonyl (C=O) groups is 2. The first-order valence-electron chi connectivity index (χ1n) is 9.07. The molecule has 3 rings (SSSR count). The molecule has 0 atom stereocenters. The van der Waals surface area contributed by atoms with Crippen molar-refractivity contribution in [3.8, 4) is 17.3 Å². The zero-order valence-electron chi connectivity index (χ0n) is 15.6. The minimum Gasteiger partial charge on any atom is -0.469 e. The Morgan fingerprint density at radius 1 is 1.19 bits per heavy atom. The van der Waals surface area contributed by atoms with Crippen molar-refractivity contribution >= 4 is 12.3 Å². The molecule has 142 valence electrons. The first-order valence-corrected chi connectivity index (χ1v) is 9.07. The number of carbonyl (C=O) groups excluding carboxylic acids is 2. The van der Waals surface area contributed by atoms with Gasteiger partial charge in [0, 0.05) is 35.6 Å². The van der Waals surface area contributed by atoms with Crippen molar-refractivity contribution in [3.63, 3.8) is 0 Å². The first kappa shape index (κ1) is 18.9. The Morgan fingerprint density at radius 3 is 2.48 bits per heavy atom. The summed E-state index contributed by atoms with van der Waals surface area (Å²) < 4.78 is 10.6. The number of nitrogens with zero attached hydrogens (tertiary/aromatic N) is 3. The van der Waals surface area contributed by atoms with Crippen molar-refractivity contribution in [2.45, 2.75) is 45.1 Å². The van der Waals surface area contributed by atoms with Crippen molar-refractivity contribution < 1.29 is 19.1 Å². The van der Waals surface area contributed by atoms with E-state index in [1.165, 1.54) is 7.11 Å². The van der Waals surface area contributed by atoms with Gasteiger partial charge >= 0.3 is 12.0 Å². The maximum atomic E-state index is 11.4. The van der Waals surface area contributed by atoms with Gasteiger partial charge in [0.2, 0.25) is 0 Å². The zero-order chi connectivity index (χ0) is 19.2. The molecule has 0 spiro atoms. The average Bonchev–Trinajstić information content (AvgIpc) is 2.70. The van der Waals surface area contributed by atoms with Crippen LogP contribution in [0.2, 0.25) is 0 Å². The van der Waals surface area contributed by atoms with Crippen molar-refractivity contribution in [1.29, 1.82) is 0 Å². The van der Waals surface area contributed by atoms with Gasteiger partial charge in [0.1, 0.15) is 6.10 Å². The molecule has 0 bridgehead atoms. The monoisotopic (exact) mass is 369 g/mol. The van der Waals surface area contributed by atoms with Gasteiger partial charge < -0.3 is 9.47 Å². The van der Waals surface area contributed by atoms with E-state index in [0.717, 1.165) is 37.5 Å².